The summed E-state index contributed by atoms with van der Waals surface area (Å²) in [4.78, 5) is 16.3. The Hall–Kier alpha value is -1.14. The number of ketones is 1. The third kappa shape index (κ3) is 1.80. The minimum absolute atomic E-state index is 0.116. The van der Waals surface area contributed by atoms with Gasteiger partial charge in [0.25, 0.3) is 6.04 Å². The highest BCUT2D eigenvalue weighted by Crippen LogP contribution is 2.65. The van der Waals surface area contributed by atoms with Crippen LogP contribution in [0.1, 0.15) is 59.8 Å². The second-order valence-electron chi connectivity index (χ2n) is 8.57. The van der Waals surface area contributed by atoms with Crippen LogP contribution in [0.15, 0.2) is 11.6 Å². The van der Waals surface area contributed by atoms with Gasteiger partial charge in [0.15, 0.2) is 0 Å². The molecule has 3 aliphatic carbocycles. The molecule has 5 atom stereocenters. The number of carbonyl (C=O) groups excluding carboxylic acids is 1. The zero-order valence-corrected chi connectivity index (χ0v) is 14.1. The first kappa shape index (κ1) is 15.7. The van der Waals surface area contributed by atoms with Gasteiger partial charge in [-0.15, -0.1) is 0 Å². The average molecular weight is 301 g/mol. The minimum atomic E-state index is -0.529. The molecule has 1 N–H and O–H groups in total. The van der Waals surface area contributed by atoms with Crippen molar-refractivity contribution in [2.24, 2.45) is 22.2 Å². The Morgan fingerprint density at radius 2 is 1.91 bits per heavy atom. The molecule has 0 aliphatic heterocycles. The van der Waals surface area contributed by atoms with Gasteiger partial charge in [-0.3, -0.25) is 4.79 Å². The highest BCUT2D eigenvalue weighted by Gasteiger charge is 2.63. The summed E-state index contributed by atoms with van der Waals surface area (Å²) in [6.45, 7) is 15.9. The highest BCUT2D eigenvalue weighted by molar-refractivity contribution is 5.92. The molecule has 0 saturated heterocycles. The molecule has 120 valence electrons. The summed E-state index contributed by atoms with van der Waals surface area (Å²) < 4.78 is 0. The summed E-state index contributed by atoms with van der Waals surface area (Å²) >= 11 is 0. The van der Waals surface area contributed by atoms with Gasteiger partial charge < -0.3 is 9.95 Å². The Balaban J connectivity index is 2.13. The van der Waals surface area contributed by atoms with Crippen molar-refractivity contribution >= 4 is 5.78 Å². The van der Waals surface area contributed by atoms with E-state index < -0.39 is 11.5 Å². The highest BCUT2D eigenvalue weighted by atomic mass is 16.3. The fourth-order valence-electron chi connectivity index (χ4n) is 5.86. The molecule has 2 saturated carbocycles. The summed E-state index contributed by atoms with van der Waals surface area (Å²) in [5.41, 5.74) is 0.560. The van der Waals surface area contributed by atoms with Crippen LogP contribution >= 0.6 is 0 Å². The maximum atomic E-state index is 12.7. The summed E-state index contributed by atoms with van der Waals surface area (Å²) in [7, 11) is 0. The summed E-state index contributed by atoms with van der Waals surface area (Å²) in [5, 5.41) is 10.6. The van der Waals surface area contributed by atoms with Crippen LogP contribution < -0.4 is 0 Å². The molecule has 0 heterocycles. The third-order valence-electron chi connectivity index (χ3n) is 7.06. The molecule has 0 bridgehead atoms. The third-order valence-corrected chi connectivity index (χ3v) is 7.06. The largest absolute Gasteiger partial charge is 0.392 e. The molecule has 3 nitrogen and oxygen atoms in total. The second kappa shape index (κ2) is 4.68. The lowest BCUT2D eigenvalue weighted by Gasteiger charge is -2.60. The normalized spacial score (nSPS) is 47.0. The molecule has 22 heavy (non-hydrogen) atoms. The zero-order chi connectivity index (χ0) is 16.3. The Morgan fingerprint density at radius 3 is 2.55 bits per heavy atom. The van der Waals surface area contributed by atoms with Crippen molar-refractivity contribution in [3.63, 3.8) is 0 Å². The number of carbonyl (C=O) groups is 1. The van der Waals surface area contributed by atoms with E-state index in [0.717, 1.165) is 25.7 Å². The van der Waals surface area contributed by atoms with E-state index >= 15 is 0 Å². The molecule has 0 aromatic carbocycles. The lowest BCUT2D eigenvalue weighted by atomic mass is 9.43. The molecule has 3 heteroatoms. The van der Waals surface area contributed by atoms with Crippen LogP contribution in [0.4, 0.5) is 0 Å². The Bertz CT molecular complexity index is 585. The van der Waals surface area contributed by atoms with E-state index in [4.69, 9.17) is 6.57 Å². The van der Waals surface area contributed by atoms with E-state index in [-0.39, 0.29) is 28.6 Å². The van der Waals surface area contributed by atoms with Gasteiger partial charge in [0.1, 0.15) is 0 Å². The number of allylic oxidation sites excluding steroid dienone is 1. The van der Waals surface area contributed by atoms with Crippen molar-refractivity contribution < 1.29 is 9.90 Å². The van der Waals surface area contributed by atoms with E-state index in [1.165, 1.54) is 5.57 Å². The number of nitrogens with zero attached hydrogens (tertiary/aromatic N) is 1. The Kier molecular flexibility index (Phi) is 3.35. The predicted octanol–water partition coefficient (Wildman–Crippen LogP) is 3.78. The molecule has 3 rings (SSSR count). The summed E-state index contributed by atoms with van der Waals surface area (Å²) in [6, 6.07) is -0.529. The molecule has 2 fully saturated rings. The van der Waals surface area contributed by atoms with Crippen molar-refractivity contribution in [3.05, 3.63) is 23.1 Å². The topological polar surface area (TPSA) is 41.7 Å². The number of rotatable bonds is 0. The Morgan fingerprint density at radius 1 is 1.23 bits per heavy atom. The molecular weight excluding hydrogens is 274 g/mol. The molecule has 1 unspecified atom stereocenters. The maximum Gasteiger partial charge on any atom is 0.282 e. The fraction of sp³-hybridized carbons (Fsp3) is 0.789. The van der Waals surface area contributed by atoms with Crippen LogP contribution in [0.25, 0.3) is 4.85 Å². The fourth-order valence-corrected chi connectivity index (χ4v) is 5.86. The first-order valence-corrected chi connectivity index (χ1v) is 8.48. The van der Waals surface area contributed by atoms with Crippen molar-refractivity contribution in [2.45, 2.75) is 71.9 Å². The van der Waals surface area contributed by atoms with Crippen molar-refractivity contribution in [1.29, 1.82) is 0 Å². The maximum absolute atomic E-state index is 12.7. The van der Waals surface area contributed by atoms with Crippen molar-refractivity contribution in [2.75, 3.05) is 0 Å². The van der Waals surface area contributed by atoms with E-state index in [1.807, 2.05) is 13.8 Å². The van der Waals surface area contributed by atoms with Gasteiger partial charge >= 0.3 is 0 Å². The van der Waals surface area contributed by atoms with E-state index in [9.17, 15) is 9.90 Å². The number of aliphatic hydroxyl groups is 1. The van der Waals surface area contributed by atoms with Gasteiger partial charge in [-0.25, -0.2) is 6.57 Å². The number of fused-ring (bicyclic) bond motifs is 3. The van der Waals surface area contributed by atoms with Crippen molar-refractivity contribution in [1.82, 2.24) is 0 Å². The number of aliphatic hydroxyl groups excluding tert-OH is 1. The standard InChI is InChI=1S/C19H27NO2/c1-17(2)13-9-10-18(3)14(7-6-8-15(18)21)19(13,4)11-12(20-5)16(17)22/h7,12-13,15,21H,6,8-11H2,1-4H3/t12?,13-,15+,18+,19-/m0/s1. The molecule has 0 spiro atoms. The van der Waals surface area contributed by atoms with Crippen LogP contribution in [0, 0.1) is 28.7 Å². The van der Waals surface area contributed by atoms with Crippen LogP contribution in [-0.4, -0.2) is 23.0 Å². The molecule has 0 radical (unpaired) electrons. The van der Waals surface area contributed by atoms with Gasteiger partial charge in [-0.05, 0) is 31.6 Å². The lowest BCUT2D eigenvalue weighted by Crippen LogP contribution is -2.59. The molecule has 0 amide bonds. The molecule has 0 aromatic rings. The predicted molar refractivity (Wildman–Crippen MR) is 86.1 cm³/mol. The zero-order valence-electron chi connectivity index (χ0n) is 14.1. The molecular formula is C19H27NO2. The smallest absolute Gasteiger partial charge is 0.282 e. The Labute approximate surface area is 133 Å². The van der Waals surface area contributed by atoms with Gasteiger partial charge in [-0.2, -0.15) is 0 Å². The molecule has 3 aliphatic rings. The number of hydrogen-bond donors (Lipinski definition) is 1. The van der Waals surface area contributed by atoms with Crippen LogP contribution in [0.5, 0.6) is 0 Å². The van der Waals surface area contributed by atoms with Gasteiger partial charge in [0, 0.05) is 22.7 Å². The van der Waals surface area contributed by atoms with Crippen LogP contribution in [0.3, 0.4) is 0 Å². The number of hydrogen-bond acceptors (Lipinski definition) is 2. The van der Waals surface area contributed by atoms with Gasteiger partial charge in [0.05, 0.1) is 6.10 Å². The SMILES string of the molecule is [C-]#[N+]C1C[C@]2(C)C3=CCC[C@@H](O)[C@]3(C)CC[C@H]2C(C)(C)C1=O. The lowest BCUT2D eigenvalue weighted by molar-refractivity contribution is -0.144. The minimum Gasteiger partial charge on any atom is -0.392 e. The quantitative estimate of drug-likeness (QED) is 0.546. The first-order valence-electron chi connectivity index (χ1n) is 8.48. The van der Waals surface area contributed by atoms with E-state index in [0.29, 0.717) is 6.42 Å². The first-order chi connectivity index (χ1) is 10.2. The summed E-state index contributed by atoms with van der Waals surface area (Å²) in [6.07, 6.45) is 6.28. The van der Waals surface area contributed by atoms with E-state index in [1.54, 1.807) is 0 Å². The van der Waals surface area contributed by atoms with Crippen molar-refractivity contribution in [3.8, 4) is 0 Å². The molecule has 0 aromatic heterocycles. The van der Waals surface area contributed by atoms with Crippen LogP contribution in [0.2, 0.25) is 0 Å². The van der Waals surface area contributed by atoms with E-state index in [2.05, 4.69) is 24.8 Å². The second-order valence-corrected chi connectivity index (χ2v) is 8.57. The monoisotopic (exact) mass is 301 g/mol. The average Bonchev–Trinajstić information content (AvgIpc) is 2.45. The van der Waals surface area contributed by atoms with Gasteiger partial charge in [-0.1, -0.05) is 39.3 Å². The van der Waals surface area contributed by atoms with Gasteiger partial charge in [0.2, 0.25) is 5.78 Å². The summed E-state index contributed by atoms with van der Waals surface area (Å²) in [5.74, 6) is 0.390. The van der Waals surface area contributed by atoms with Crippen LogP contribution in [-0.2, 0) is 4.79 Å². The number of Topliss-reactive ketones (excluding diaryl/α,β-unsaturated/α-hetero) is 1.